The molecule has 16 heteroatoms. The van der Waals surface area contributed by atoms with E-state index < -0.39 is 58.1 Å². The fraction of sp³-hybridized carbons (Fsp3) is 0.778. The van der Waals surface area contributed by atoms with E-state index >= 15 is 0 Å². The lowest BCUT2D eigenvalue weighted by Gasteiger charge is -2.34. The van der Waals surface area contributed by atoms with Crippen molar-refractivity contribution in [1.29, 1.82) is 0 Å². The van der Waals surface area contributed by atoms with Crippen LogP contribution in [0.15, 0.2) is 11.5 Å². The molecule has 1 nitrogen and oxygen atoms in total. The van der Waals surface area contributed by atoms with E-state index in [0.717, 1.165) is 0 Å². The number of rotatable bonds is 1. The highest BCUT2D eigenvalue weighted by molar-refractivity contribution is 5.39. The molecule has 1 heterocycles. The largest absolute Gasteiger partial charge is 0.400 e. The van der Waals surface area contributed by atoms with Gasteiger partial charge in [-0.15, -0.1) is 0 Å². The lowest BCUT2D eigenvalue weighted by Crippen LogP contribution is -2.56. The number of nitrogens with zero attached hydrogens (tertiary/aromatic N) is 1. The Morgan fingerprint density at radius 3 is 1.04 bits per heavy atom. The van der Waals surface area contributed by atoms with Crippen molar-refractivity contribution in [2.75, 3.05) is 0 Å². The highest BCUT2D eigenvalue weighted by Gasteiger charge is 2.96. The van der Waals surface area contributed by atoms with Crippen LogP contribution in [0.5, 0.6) is 0 Å². The van der Waals surface area contributed by atoms with E-state index in [1.807, 2.05) is 0 Å². The van der Waals surface area contributed by atoms with E-state index in [9.17, 15) is 65.9 Å². The van der Waals surface area contributed by atoms with Gasteiger partial charge < -0.3 is 0 Å². The molecule has 0 N–H and O–H groups in total. The first-order valence-electron chi connectivity index (χ1n) is 5.51. The van der Waals surface area contributed by atoms with Crippen molar-refractivity contribution in [3.8, 4) is 0 Å². The summed E-state index contributed by atoms with van der Waals surface area (Å²) in [5, 5.41) is 0. The Morgan fingerprint density at radius 1 is 0.480 bits per heavy atom. The average molecular weight is 407 g/mol. The lowest BCUT2D eigenvalue weighted by molar-refractivity contribution is -0.303. The summed E-state index contributed by atoms with van der Waals surface area (Å²) in [6.07, 6.45) is 0. The molecule has 0 unspecified atom stereocenters. The predicted octanol–water partition coefficient (Wildman–Crippen LogP) is 4.86. The maximum Gasteiger partial charge on any atom is 0.400 e. The molecule has 0 aromatic heterocycles. The Bertz CT molecular complexity index is 617. The zero-order chi connectivity index (χ0) is 20.2. The molecule has 146 valence electrons. The van der Waals surface area contributed by atoms with Crippen LogP contribution in [0, 0.1) is 0 Å². The van der Waals surface area contributed by atoms with Crippen molar-refractivity contribution < 1.29 is 65.9 Å². The van der Waals surface area contributed by atoms with Crippen LogP contribution < -0.4 is 0 Å². The van der Waals surface area contributed by atoms with Crippen molar-refractivity contribution in [3.63, 3.8) is 0 Å². The molecule has 0 spiro atoms. The molecular formula is C9F15N. The number of likely N-dealkylation sites (tertiary alicyclic amines) is 1. The maximum atomic E-state index is 13.2. The molecule has 1 saturated heterocycles. The van der Waals surface area contributed by atoms with Crippen LogP contribution in [0.3, 0.4) is 0 Å². The molecule has 0 amide bonds. The van der Waals surface area contributed by atoms with Gasteiger partial charge in [-0.3, -0.25) is 0 Å². The molecule has 0 aromatic rings. The number of halogens is 15. The SMILES string of the molecule is FC1=C(N2C(F)(F)C(F)(F)C(F)(F)C2(F)F)C(F)(F)C(F)(F)C1(F)F. The minimum absolute atomic E-state index is 3.41. The van der Waals surface area contributed by atoms with E-state index in [4.69, 9.17) is 0 Å². The van der Waals surface area contributed by atoms with Gasteiger partial charge in [0.25, 0.3) is 0 Å². The summed E-state index contributed by atoms with van der Waals surface area (Å²) in [7, 11) is 0. The normalized spacial score (nSPS) is 33.0. The number of hydrogen-bond donors (Lipinski definition) is 0. The van der Waals surface area contributed by atoms with E-state index in [0.29, 0.717) is 0 Å². The predicted molar refractivity (Wildman–Crippen MR) is 44.6 cm³/mol. The first-order valence-corrected chi connectivity index (χ1v) is 5.51. The molecule has 0 bridgehead atoms. The van der Waals surface area contributed by atoms with Crippen molar-refractivity contribution in [2.45, 2.75) is 41.7 Å². The van der Waals surface area contributed by atoms with Crippen molar-refractivity contribution >= 4 is 0 Å². The average Bonchev–Trinajstić information content (AvgIpc) is 2.52. The van der Waals surface area contributed by atoms with Gasteiger partial charge in [-0.1, -0.05) is 0 Å². The Kier molecular flexibility index (Phi) is 3.36. The Balaban J connectivity index is 2.88. The van der Waals surface area contributed by atoms with E-state index in [1.165, 1.54) is 0 Å². The highest BCUT2D eigenvalue weighted by Crippen LogP contribution is 2.69. The summed E-state index contributed by atoms with van der Waals surface area (Å²) in [6.45, 7) is 0. The number of hydrogen-bond acceptors (Lipinski definition) is 1. The third-order valence-electron chi connectivity index (χ3n) is 3.50. The lowest BCUT2D eigenvalue weighted by atomic mass is 10.1. The Labute approximate surface area is 125 Å². The third-order valence-corrected chi connectivity index (χ3v) is 3.50. The quantitative estimate of drug-likeness (QED) is 0.444. The molecular weight excluding hydrogens is 407 g/mol. The van der Waals surface area contributed by atoms with Gasteiger partial charge in [-0.25, -0.2) is 9.29 Å². The van der Waals surface area contributed by atoms with Gasteiger partial charge in [-0.2, -0.15) is 61.5 Å². The summed E-state index contributed by atoms with van der Waals surface area (Å²) < 4.78 is 196. The zero-order valence-electron chi connectivity index (χ0n) is 10.6. The van der Waals surface area contributed by atoms with Crippen LogP contribution in [0.1, 0.15) is 0 Å². The van der Waals surface area contributed by atoms with Crippen LogP contribution in [-0.2, 0) is 0 Å². The summed E-state index contributed by atoms with van der Waals surface area (Å²) >= 11 is 0. The van der Waals surface area contributed by atoms with Crippen LogP contribution in [0.25, 0.3) is 0 Å². The van der Waals surface area contributed by atoms with E-state index in [-0.39, 0.29) is 0 Å². The van der Waals surface area contributed by atoms with Crippen molar-refractivity contribution in [1.82, 2.24) is 4.90 Å². The van der Waals surface area contributed by atoms with Gasteiger partial charge in [-0.05, 0) is 0 Å². The van der Waals surface area contributed by atoms with Gasteiger partial charge in [0.15, 0.2) is 0 Å². The monoisotopic (exact) mass is 407 g/mol. The summed E-state index contributed by atoms with van der Waals surface area (Å²) in [6, 6.07) is -14.3. The fourth-order valence-electron chi connectivity index (χ4n) is 2.12. The Morgan fingerprint density at radius 2 is 0.800 bits per heavy atom. The van der Waals surface area contributed by atoms with Crippen molar-refractivity contribution in [3.05, 3.63) is 11.5 Å². The summed E-state index contributed by atoms with van der Waals surface area (Å²) in [5.74, 6) is -39.5. The second-order valence-electron chi connectivity index (χ2n) is 4.95. The third kappa shape index (κ3) is 1.66. The van der Waals surface area contributed by atoms with Gasteiger partial charge in [0.1, 0.15) is 5.70 Å². The fourth-order valence-corrected chi connectivity index (χ4v) is 2.12. The van der Waals surface area contributed by atoms with Crippen LogP contribution in [0.2, 0.25) is 0 Å². The van der Waals surface area contributed by atoms with Crippen LogP contribution in [0.4, 0.5) is 65.9 Å². The maximum absolute atomic E-state index is 13.2. The first kappa shape index (κ1) is 19.8. The second kappa shape index (κ2) is 4.24. The van der Waals surface area contributed by atoms with Crippen LogP contribution >= 0.6 is 0 Å². The smallest absolute Gasteiger partial charge is 0.237 e. The standard InChI is InChI=1S/C9F15N/c10-1-2(4(13,14)5(15,16)3(1,11)12)25-8(21,22)6(17,18)7(19,20)9(25,23)24. The van der Waals surface area contributed by atoms with E-state index in [2.05, 4.69) is 0 Å². The molecule has 0 saturated carbocycles. The highest BCUT2D eigenvalue weighted by atomic mass is 19.4. The minimum Gasteiger partial charge on any atom is -0.237 e. The Hall–Kier alpha value is -1.51. The summed E-state index contributed by atoms with van der Waals surface area (Å²) in [4.78, 5) is -3.41. The first-order chi connectivity index (χ1) is 10.6. The van der Waals surface area contributed by atoms with Gasteiger partial charge in [0.05, 0.1) is 0 Å². The van der Waals surface area contributed by atoms with Gasteiger partial charge >= 0.3 is 41.7 Å². The van der Waals surface area contributed by atoms with E-state index in [1.54, 1.807) is 0 Å². The topological polar surface area (TPSA) is 3.24 Å². The molecule has 2 aliphatic rings. The number of alkyl halides is 14. The van der Waals surface area contributed by atoms with Gasteiger partial charge in [0.2, 0.25) is 5.83 Å². The molecule has 2 rings (SSSR count). The number of allylic oxidation sites excluding steroid dienone is 2. The molecule has 0 aromatic carbocycles. The van der Waals surface area contributed by atoms with Gasteiger partial charge in [0, 0.05) is 0 Å². The second-order valence-corrected chi connectivity index (χ2v) is 4.95. The minimum atomic E-state index is -7.21. The van der Waals surface area contributed by atoms with Crippen LogP contribution in [-0.4, -0.2) is 46.6 Å². The molecule has 25 heavy (non-hydrogen) atoms. The summed E-state index contributed by atoms with van der Waals surface area (Å²) in [5.41, 5.74) is -4.37. The molecule has 1 aliphatic carbocycles. The molecule has 0 atom stereocenters. The van der Waals surface area contributed by atoms with Crippen molar-refractivity contribution in [2.24, 2.45) is 0 Å². The molecule has 0 radical (unpaired) electrons. The zero-order valence-corrected chi connectivity index (χ0v) is 10.6. The molecule has 1 aliphatic heterocycles. The molecule has 1 fully saturated rings.